The van der Waals surface area contributed by atoms with Crippen LogP contribution in [-0.2, 0) is 19.4 Å². The molecule has 0 saturated carbocycles. The van der Waals surface area contributed by atoms with Gasteiger partial charge in [-0.15, -0.1) is 0 Å². The molecule has 1 fully saturated rings. The third kappa shape index (κ3) is 5.38. The number of hydrogen-bond acceptors (Lipinski definition) is 5. The highest BCUT2D eigenvalue weighted by molar-refractivity contribution is 7.91. The first-order valence-corrected chi connectivity index (χ1v) is 9.89. The van der Waals surface area contributed by atoms with E-state index in [4.69, 9.17) is 0 Å². The zero-order chi connectivity index (χ0) is 18.6. The van der Waals surface area contributed by atoms with Crippen molar-refractivity contribution in [2.75, 3.05) is 11.5 Å². The lowest BCUT2D eigenvalue weighted by Gasteiger charge is -2.10. The van der Waals surface area contributed by atoms with Crippen molar-refractivity contribution in [1.29, 1.82) is 0 Å². The van der Waals surface area contributed by atoms with Gasteiger partial charge in [0.1, 0.15) is 0 Å². The number of carbonyl (C=O) groups is 3. The summed E-state index contributed by atoms with van der Waals surface area (Å²) < 4.78 is 22.7. The molecule has 2 rings (SSSR count). The zero-order valence-corrected chi connectivity index (χ0v) is 15.1. The number of benzene rings is 1. The zero-order valence-electron chi connectivity index (χ0n) is 14.3. The number of amides is 2. The molecule has 1 aliphatic rings. The minimum Gasteiger partial charge on any atom is -0.294 e. The summed E-state index contributed by atoms with van der Waals surface area (Å²) in [6.45, 7) is 3.87. The first kappa shape index (κ1) is 19.1. The van der Waals surface area contributed by atoms with E-state index in [1.165, 1.54) is 0 Å². The highest BCUT2D eigenvalue weighted by atomic mass is 32.2. The SMILES string of the molecule is Cc1ccc(C(=O)CCC(=O)NNC(=O)[C@H]2CCS(=O)(=O)C2)cc1C. The van der Waals surface area contributed by atoms with E-state index in [1.54, 1.807) is 12.1 Å². The Bertz CT molecular complexity index is 801. The van der Waals surface area contributed by atoms with Crippen LogP contribution in [-0.4, -0.2) is 37.5 Å². The number of nitrogens with one attached hydrogen (secondary N) is 2. The van der Waals surface area contributed by atoms with Gasteiger partial charge in [-0.3, -0.25) is 25.2 Å². The molecule has 0 aromatic heterocycles. The third-order valence-electron chi connectivity index (χ3n) is 4.34. The van der Waals surface area contributed by atoms with Gasteiger partial charge in [0.05, 0.1) is 17.4 Å². The van der Waals surface area contributed by atoms with Gasteiger partial charge in [0.25, 0.3) is 0 Å². The number of aryl methyl sites for hydroxylation is 2. The maximum absolute atomic E-state index is 12.1. The monoisotopic (exact) mass is 366 g/mol. The molecule has 0 spiro atoms. The molecule has 0 aliphatic carbocycles. The largest absolute Gasteiger partial charge is 0.294 e. The predicted molar refractivity (Wildman–Crippen MR) is 92.5 cm³/mol. The van der Waals surface area contributed by atoms with Crippen molar-refractivity contribution in [2.45, 2.75) is 33.1 Å². The van der Waals surface area contributed by atoms with E-state index in [-0.39, 0.29) is 36.6 Å². The topological polar surface area (TPSA) is 109 Å². The lowest BCUT2D eigenvalue weighted by Crippen LogP contribution is -2.44. The summed E-state index contributed by atoms with van der Waals surface area (Å²) >= 11 is 0. The van der Waals surface area contributed by atoms with Crippen LogP contribution in [0.1, 0.15) is 40.7 Å². The minimum atomic E-state index is -3.16. The lowest BCUT2D eigenvalue weighted by molar-refractivity contribution is -0.130. The maximum atomic E-state index is 12.1. The van der Waals surface area contributed by atoms with E-state index in [0.717, 1.165) is 11.1 Å². The summed E-state index contributed by atoms with van der Waals surface area (Å²) in [5, 5.41) is 0. The highest BCUT2D eigenvalue weighted by Gasteiger charge is 2.33. The number of ketones is 1. The summed E-state index contributed by atoms with van der Waals surface area (Å²) in [6.07, 6.45) is 0.228. The minimum absolute atomic E-state index is 0.0104. The third-order valence-corrected chi connectivity index (χ3v) is 6.10. The Hall–Kier alpha value is -2.22. The molecule has 1 saturated heterocycles. The van der Waals surface area contributed by atoms with Crippen LogP contribution in [0.2, 0.25) is 0 Å². The molecule has 7 nitrogen and oxygen atoms in total. The molecule has 2 amide bonds. The lowest BCUT2D eigenvalue weighted by atomic mass is 10.0. The molecule has 8 heteroatoms. The van der Waals surface area contributed by atoms with Crippen LogP contribution < -0.4 is 10.9 Å². The van der Waals surface area contributed by atoms with E-state index in [2.05, 4.69) is 10.9 Å². The van der Waals surface area contributed by atoms with Crippen LogP contribution >= 0.6 is 0 Å². The average molecular weight is 366 g/mol. The Kier molecular flexibility index (Phi) is 5.94. The van der Waals surface area contributed by atoms with Gasteiger partial charge in [-0.25, -0.2) is 8.42 Å². The number of carbonyl (C=O) groups excluding carboxylic acids is 3. The quantitative estimate of drug-likeness (QED) is 0.593. The molecular formula is C17H22N2O5S. The first-order chi connectivity index (χ1) is 11.7. The van der Waals surface area contributed by atoms with Crippen molar-refractivity contribution >= 4 is 27.4 Å². The van der Waals surface area contributed by atoms with E-state index in [1.807, 2.05) is 19.9 Å². The van der Waals surface area contributed by atoms with Crippen molar-refractivity contribution in [3.63, 3.8) is 0 Å². The van der Waals surface area contributed by atoms with E-state index >= 15 is 0 Å². The van der Waals surface area contributed by atoms with Gasteiger partial charge in [0, 0.05) is 18.4 Å². The summed E-state index contributed by atoms with van der Waals surface area (Å²) in [5.74, 6) is -2.00. The molecule has 1 aliphatic heterocycles. The fourth-order valence-electron chi connectivity index (χ4n) is 2.58. The molecular weight excluding hydrogens is 344 g/mol. The summed E-state index contributed by atoms with van der Waals surface area (Å²) in [4.78, 5) is 35.7. The summed E-state index contributed by atoms with van der Waals surface area (Å²) in [7, 11) is -3.16. The second-order valence-electron chi connectivity index (χ2n) is 6.36. The molecule has 1 aromatic carbocycles. The molecule has 1 aromatic rings. The van der Waals surface area contributed by atoms with Crippen molar-refractivity contribution in [3.8, 4) is 0 Å². The fourth-order valence-corrected chi connectivity index (χ4v) is 4.33. The molecule has 1 atom stereocenters. The normalized spacial score (nSPS) is 18.6. The Labute approximate surface area is 147 Å². The molecule has 136 valence electrons. The first-order valence-electron chi connectivity index (χ1n) is 8.07. The van der Waals surface area contributed by atoms with Gasteiger partial charge in [-0.1, -0.05) is 12.1 Å². The fraction of sp³-hybridized carbons (Fsp3) is 0.471. The van der Waals surface area contributed by atoms with E-state index in [0.29, 0.717) is 5.56 Å². The maximum Gasteiger partial charge on any atom is 0.242 e. The predicted octanol–water partition coefficient (Wildman–Crippen LogP) is 0.848. The Morgan fingerprint density at radius 2 is 1.80 bits per heavy atom. The van der Waals surface area contributed by atoms with Crippen molar-refractivity contribution in [3.05, 3.63) is 34.9 Å². The molecule has 1 heterocycles. The van der Waals surface area contributed by atoms with Crippen molar-refractivity contribution in [2.24, 2.45) is 5.92 Å². The standard InChI is InChI=1S/C17H22N2O5S/c1-11-3-4-13(9-12(11)2)15(20)5-6-16(21)18-19-17(22)14-7-8-25(23,24)10-14/h3-4,9,14H,5-8,10H2,1-2H3,(H,18,21)(H,19,22)/t14-/m0/s1. The van der Waals surface area contributed by atoms with Crippen molar-refractivity contribution in [1.82, 2.24) is 10.9 Å². The molecule has 0 unspecified atom stereocenters. The molecule has 2 N–H and O–H groups in total. The Balaban J connectivity index is 1.76. The smallest absolute Gasteiger partial charge is 0.242 e. The number of hydrazine groups is 1. The molecule has 0 bridgehead atoms. The van der Waals surface area contributed by atoms with Gasteiger partial charge >= 0.3 is 0 Å². The van der Waals surface area contributed by atoms with Gasteiger partial charge in [-0.2, -0.15) is 0 Å². The highest BCUT2D eigenvalue weighted by Crippen LogP contribution is 2.18. The van der Waals surface area contributed by atoms with Gasteiger partial charge in [-0.05, 0) is 37.5 Å². The van der Waals surface area contributed by atoms with Crippen LogP contribution in [0, 0.1) is 19.8 Å². The number of Topliss-reactive ketones (excluding diaryl/α,β-unsaturated/α-hetero) is 1. The van der Waals surface area contributed by atoms with E-state index < -0.39 is 27.6 Å². The van der Waals surface area contributed by atoms with Crippen LogP contribution in [0.5, 0.6) is 0 Å². The van der Waals surface area contributed by atoms with Gasteiger partial charge in [0.15, 0.2) is 15.6 Å². The van der Waals surface area contributed by atoms with Crippen LogP contribution in [0.4, 0.5) is 0 Å². The van der Waals surface area contributed by atoms with E-state index in [9.17, 15) is 22.8 Å². The van der Waals surface area contributed by atoms with Crippen molar-refractivity contribution < 1.29 is 22.8 Å². The number of hydrogen-bond donors (Lipinski definition) is 2. The summed E-state index contributed by atoms with van der Waals surface area (Å²) in [5.41, 5.74) is 7.11. The average Bonchev–Trinajstić information content (AvgIpc) is 2.93. The number of rotatable bonds is 5. The van der Waals surface area contributed by atoms with Gasteiger partial charge < -0.3 is 0 Å². The molecule has 0 radical (unpaired) electrons. The van der Waals surface area contributed by atoms with Crippen LogP contribution in [0.25, 0.3) is 0 Å². The van der Waals surface area contributed by atoms with Crippen LogP contribution in [0.3, 0.4) is 0 Å². The Morgan fingerprint density at radius 1 is 1.08 bits per heavy atom. The second kappa shape index (κ2) is 7.77. The summed E-state index contributed by atoms with van der Waals surface area (Å²) in [6, 6.07) is 5.38. The number of sulfone groups is 1. The van der Waals surface area contributed by atoms with Gasteiger partial charge in [0.2, 0.25) is 11.8 Å². The van der Waals surface area contributed by atoms with Crippen LogP contribution in [0.15, 0.2) is 18.2 Å². The molecule has 25 heavy (non-hydrogen) atoms. The Morgan fingerprint density at radius 3 is 2.40 bits per heavy atom. The second-order valence-corrected chi connectivity index (χ2v) is 8.59.